The number of carbonyl (C=O) groups excluding carboxylic acids is 1. The van der Waals surface area contributed by atoms with Gasteiger partial charge in [0.2, 0.25) is 0 Å². The van der Waals surface area contributed by atoms with Crippen molar-refractivity contribution in [3.05, 3.63) is 35.1 Å². The second-order valence-corrected chi connectivity index (χ2v) is 4.60. The Hall–Kier alpha value is -1.56. The summed E-state index contributed by atoms with van der Waals surface area (Å²) in [4.78, 5) is 11.7. The predicted molar refractivity (Wildman–Crippen MR) is 59.5 cm³/mol. The lowest BCUT2D eigenvalue weighted by Crippen LogP contribution is -2.51. The van der Waals surface area contributed by atoms with Gasteiger partial charge in [0.05, 0.1) is 11.6 Å². The van der Waals surface area contributed by atoms with Gasteiger partial charge in [-0.2, -0.15) is 0 Å². The minimum Gasteiger partial charge on any atom is -0.391 e. The van der Waals surface area contributed by atoms with E-state index in [2.05, 4.69) is 5.32 Å². The first-order chi connectivity index (χ1) is 8.15. The number of aliphatic hydroxyl groups is 1. The highest BCUT2D eigenvalue weighted by Gasteiger charge is 2.29. The van der Waals surface area contributed by atoms with E-state index in [0.29, 0.717) is 12.1 Å². The van der Waals surface area contributed by atoms with Crippen LogP contribution in [0.5, 0.6) is 0 Å². The van der Waals surface area contributed by atoms with E-state index in [9.17, 15) is 23.1 Å². The van der Waals surface area contributed by atoms with Crippen molar-refractivity contribution in [1.82, 2.24) is 5.32 Å². The van der Waals surface area contributed by atoms with E-state index in [4.69, 9.17) is 0 Å². The first-order valence-corrected chi connectivity index (χ1v) is 5.30. The summed E-state index contributed by atoms with van der Waals surface area (Å²) in [5.41, 5.74) is -1.94. The molecule has 6 heteroatoms. The third-order valence-corrected chi connectivity index (χ3v) is 2.71. The van der Waals surface area contributed by atoms with Gasteiger partial charge in [-0.3, -0.25) is 4.79 Å². The lowest BCUT2D eigenvalue weighted by molar-refractivity contribution is 0.0702. The van der Waals surface area contributed by atoms with Gasteiger partial charge in [-0.25, -0.2) is 13.2 Å². The normalized spacial score (nSPS) is 13.3. The molecular formula is C12H14F3NO2. The SMILES string of the molecule is CC(O)C(C)(C)NC(=O)c1c(F)cc(F)cc1F. The molecule has 1 atom stereocenters. The van der Waals surface area contributed by atoms with Crippen LogP contribution in [0.4, 0.5) is 13.2 Å². The van der Waals surface area contributed by atoms with Gasteiger partial charge >= 0.3 is 0 Å². The zero-order valence-electron chi connectivity index (χ0n) is 10.2. The van der Waals surface area contributed by atoms with E-state index >= 15 is 0 Å². The summed E-state index contributed by atoms with van der Waals surface area (Å²) in [6.07, 6.45) is -0.923. The van der Waals surface area contributed by atoms with Crippen LogP contribution in [0.15, 0.2) is 12.1 Å². The van der Waals surface area contributed by atoms with E-state index in [1.54, 1.807) is 0 Å². The van der Waals surface area contributed by atoms with E-state index in [1.165, 1.54) is 20.8 Å². The number of rotatable bonds is 3. The Balaban J connectivity index is 3.06. The third kappa shape index (κ3) is 3.01. The zero-order valence-corrected chi connectivity index (χ0v) is 10.2. The van der Waals surface area contributed by atoms with Crippen molar-refractivity contribution in [1.29, 1.82) is 0 Å². The predicted octanol–water partition coefficient (Wildman–Crippen LogP) is 1.99. The lowest BCUT2D eigenvalue weighted by atomic mass is 9.98. The van der Waals surface area contributed by atoms with Gasteiger partial charge in [0.25, 0.3) is 5.91 Å². The van der Waals surface area contributed by atoms with Crippen LogP contribution in [0.25, 0.3) is 0 Å². The molecule has 0 aliphatic heterocycles. The monoisotopic (exact) mass is 261 g/mol. The minimum absolute atomic E-state index is 0.424. The van der Waals surface area contributed by atoms with Crippen LogP contribution in [0.1, 0.15) is 31.1 Å². The van der Waals surface area contributed by atoms with Crippen molar-refractivity contribution in [2.75, 3.05) is 0 Å². The van der Waals surface area contributed by atoms with E-state index in [1.807, 2.05) is 0 Å². The highest BCUT2D eigenvalue weighted by molar-refractivity contribution is 5.95. The summed E-state index contributed by atoms with van der Waals surface area (Å²) < 4.78 is 39.4. The van der Waals surface area contributed by atoms with E-state index < -0.39 is 40.6 Å². The van der Waals surface area contributed by atoms with Crippen molar-refractivity contribution >= 4 is 5.91 Å². The molecule has 1 aromatic carbocycles. The van der Waals surface area contributed by atoms with Crippen LogP contribution in [0.2, 0.25) is 0 Å². The Morgan fingerprint density at radius 3 is 2.11 bits per heavy atom. The van der Waals surface area contributed by atoms with Crippen molar-refractivity contribution in [2.24, 2.45) is 0 Å². The average molecular weight is 261 g/mol. The second-order valence-electron chi connectivity index (χ2n) is 4.60. The fraction of sp³-hybridized carbons (Fsp3) is 0.417. The van der Waals surface area contributed by atoms with Gasteiger partial charge < -0.3 is 10.4 Å². The Morgan fingerprint density at radius 1 is 1.28 bits per heavy atom. The Morgan fingerprint density at radius 2 is 1.72 bits per heavy atom. The molecule has 2 N–H and O–H groups in total. The molecule has 0 aromatic heterocycles. The minimum atomic E-state index is -1.29. The molecule has 0 radical (unpaired) electrons. The molecule has 100 valence electrons. The number of halogens is 3. The van der Waals surface area contributed by atoms with E-state index in [0.717, 1.165) is 0 Å². The molecule has 0 aliphatic carbocycles. The van der Waals surface area contributed by atoms with Crippen LogP contribution in [-0.4, -0.2) is 22.7 Å². The largest absolute Gasteiger partial charge is 0.391 e. The summed E-state index contributed by atoms with van der Waals surface area (Å²) in [5.74, 6) is -4.72. The molecule has 1 aromatic rings. The van der Waals surface area contributed by atoms with Gasteiger partial charge in [0.1, 0.15) is 23.0 Å². The lowest BCUT2D eigenvalue weighted by Gasteiger charge is -2.29. The van der Waals surface area contributed by atoms with Gasteiger partial charge in [0, 0.05) is 12.1 Å². The molecule has 0 bridgehead atoms. The van der Waals surface area contributed by atoms with E-state index in [-0.39, 0.29) is 0 Å². The number of aliphatic hydroxyl groups excluding tert-OH is 1. The van der Waals surface area contributed by atoms with Crippen LogP contribution >= 0.6 is 0 Å². The number of carbonyl (C=O) groups is 1. The van der Waals surface area contributed by atoms with Gasteiger partial charge in [0.15, 0.2) is 0 Å². The maximum Gasteiger partial charge on any atom is 0.257 e. The Labute approximate surface area is 103 Å². The first-order valence-electron chi connectivity index (χ1n) is 5.30. The van der Waals surface area contributed by atoms with Crippen LogP contribution < -0.4 is 5.32 Å². The smallest absolute Gasteiger partial charge is 0.257 e. The first kappa shape index (κ1) is 14.5. The quantitative estimate of drug-likeness (QED) is 0.874. The highest BCUT2D eigenvalue weighted by Crippen LogP contribution is 2.17. The van der Waals surface area contributed by atoms with Gasteiger partial charge in [-0.1, -0.05) is 0 Å². The molecule has 0 saturated heterocycles. The summed E-state index contributed by atoms with van der Waals surface area (Å²) in [5, 5.41) is 11.7. The third-order valence-electron chi connectivity index (χ3n) is 2.71. The average Bonchev–Trinajstić information content (AvgIpc) is 2.13. The van der Waals surface area contributed by atoms with Crippen LogP contribution in [-0.2, 0) is 0 Å². The van der Waals surface area contributed by atoms with Crippen molar-refractivity contribution < 1.29 is 23.1 Å². The molecule has 0 heterocycles. The maximum absolute atomic E-state index is 13.3. The molecule has 1 rings (SSSR count). The van der Waals surface area contributed by atoms with Crippen molar-refractivity contribution in [3.63, 3.8) is 0 Å². The maximum atomic E-state index is 13.3. The second kappa shape index (κ2) is 4.97. The summed E-state index contributed by atoms with van der Waals surface area (Å²) >= 11 is 0. The molecule has 0 fully saturated rings. The molecular weight excluding hydrogens is 247 g/mol. The molecule has 0 spiro atoms. The molecule has 0 aliphatic rings. The van der Waals surface area contributed by atoms with Crippen molar-refractivity contribution in [2.45, 2.75) is 32.4 Å². The molecule has 18 heavy (non-hydrogen) atoms. The number of benzene rings is 1. The summed E-state index contributed by atoms with van der Waals surface area (Å²) in [6.45, 7) is 4.42. The Kier molecular flexibility index (Phi) is 4.01. The number of amides is 1. The zero-order chi connectivity index (χ0) is 14.1. The molecule has 0 saturated carbocycles. The molecule has 3 nitrogen and oxygen atoms in total. The van der Waals surface area contributed by atoms with Crippen LogP contribution in [0, 0.1) is 17.5 Å². The summed E-state index contributed by atoms with van der Waals surface area (Å²) in [7, 11) is 0. The molecule has 1 amide bonds. The highest BCUT2D eigenvalue weighted by atomic mass is 19.1. The fourth-order valence-electron chi connectivity index (χ4n) is 1.22. The van der Waals surface area contributed by atoms with Gasteiger partial charge in [-0.15, -0.1) is 0 Å². The standard InChI is InChI=1S/C12H14F3NO2/c1-6(17)12(2,3)16-11(18)10-8(14)4-7(13)5-9(10)15/h4-6,17H,1-3H3,(H,16,18). The summed E-state index contributed by atoms with van der Waals surface area (Å²) in [6, 6.07) is 0.848. The topological polar surface area (TPSA) is 49.3 Å². The fourth-order valence-corrected chi connectivity index (χ4v) is 1.22. The number of hydrogen-bond acceptors (Lipinski definition) is 2. The van der Waals surface area contributed by atoms with Gasteiger partial charge in [-0.05, 0) is 20.8 Å². The number of nitrogens with one attached hydrogen (secondary N) is 1. The molecule has 1 unspecified atom stereocenters. The number of hydrogen-bond donors (Lipinski definition) is 2. The van der Waals surface area contributed by atoms with Crippen LogP contribution in [0.3, 0.4) is 0 Å². The Bertz CT molecular complexity index is 449. The van der Waals surface area contributed by atoms with Crippen molar-refractivity contribution in [3.8, 4) is 0 Å².